The average Bonchev–Trinajstić information content (AvgIpc) is 3.00. The molecule has 1 N–H and O–H groups in total. The summed E-state index contributed by atoms with van der Waals surface area (Å²) in [5.74, 6) is 1.08. The Bertz CT molecular complexity index is 391. The van der Waals surface area contributed by atoms with Crippen molar-refractivity contribution in [1.82, 2.24) is 10.2 Å². The number of nitrogens with zero attached hydrogens (tertiary/aromatic N) is 1. The third-order valence-electron chi connectivity index (χ3n) is 4.17. The van der Waals surface area contributed by atoms with Crippen molar-refractivity contribution < 1.29 is 4.79 Å². The summed E-state index contributed by atoms with van der Waals surface area (Å²) >= 11 is 1.78. The van der Waals surface area contributed by atoms with Crippen LogP contribution in [0.4, 0.5) is 0 Å². The number of nitrogens with one attached hydrogen (secondary N) is 1. The predicted octanol–water partition coefficient (Wildman–Crippen LogP) is 3.34. The molecule has 1 fully saturated rings. The second-order valence-electron chi connectivity index (χ2n) is 5.53. The molecular weight excluding hydrogens is 304 g/mol. The summed E-state index contributed by atoms with van der Waals surface area (Å²) in [6.07, 6.45) is 5.24. The minimum atomic E-state index is 0. The zero-order valence-corrected chi connectivity index (χ0v) is 14.5. The fourth-order valence-corrected chi connectivity index (χ4v) is 3.51. The van der Waals surface area contributed by atoms with Gasteiger partial charge in [0, 0.05) is 24.4 Å². The molecule has 0 saturated carbocycles. The van der Waals surface area contributed by atoms with Crippen molar-refractivity contribution in [1.29, 1.82) is 0 Å². The van der Waals surface area contributed by atoms with Gasteiger partial charge in [-0.25, -0.2) is 0 Å². The van der Waals surface area contributed by atoms with Gasteiger partial charge in [0.05, 0.1) is 0 Å². The van der Waals surface area contributed by atoms with E-state index in [-0.39, 0.29) is 12.4 Å². The van der Waals surface area contributed by atoms with Gasteiger partial charge in [-0.3, -0.25) is 4.79 Å². The first-order valence-corrected chi connectivity index (χ1v) is 8.68. The molecular formula is C16H27ClN2OS. The van der Waals surface area contributed by atoms with Gasteiger partial charge < -0.3 is 10.2 Å². The summed E-state index contributed by atoms with van der Waals surface area (Å²) in [5.41, 5.74) is 0. The van der Waals surface area contributed by atoms with E-state index in [0.717, 1.165) is 51.4 Å². The highest BCUT2D eigenvalue weighted by atomic mass is 35.5. The first-order valence-electron chi connectivity index (χ1n) is 7.80. The number of carbonyl (C=O) groups excluding carboxylic acids is 1. The molecule has 1 aromatic heterocycles. The summed E-state index contributed by atoms with van der Waals surface area (Å²) in [7, 11) is 0. The second-order valence-corrected chi connectivity index (χ2v) is 6.57. The number of hydrogen-bond donors (Lipinski definition) is 1. The molecule has 2 heterocycles. The van der Waals surface area contributed by atoms with E-state index < -0.39 is 0 Å². The van der Waals surface area contributed by atoms with Gasteiger partial charge in [0.1, 0.15) is 0 Å². The average molecular weight is 331 g/mol. The van der Waals surface area contributed by atoms with Crippen molar-refractivity contribution in [3.63, 3.8) is 0 Å². The SMILES string of the molecule is CCN(CCc1cccs1)C(=O)CCC1CCNCC1.Cl. The second kappa shape index (κ2) is 10.2. The minimum absolute atomic E-state index is 0. The van der Waals surface area contributed by atoms with Crippen LogP contribution in [0, 0.1) is 5.92 Å². The highest BCUT2D eigenvalue weighted by molar-refractivity contribution is 7.09. The summed E-state index contributed by atoms with van der Waals surface area (Å²) in [6, 6.07) is 4.23. The number of likely N-dealkylation sites (N-methyl/N-ethyl adjacent to an activating group) is 1. The third-order valence-corrected chi connectivity index (χ3v) is 5.10. The van der Waals surface area contributed by atoms with Gasteiger partial charge in [0.2, 0.25) is 5.91 Å². The van der Waals surface area contributed by atoms with Crippen LogP contribution in [0.25, 0.3) is 0 Å². The van der Waals surface area contributed by atoms with Gasteiger partial charge in [0.25, 0.3) is 0 Å². The molecule has 1 saturated heterocycles. The Labute approximate surface area is 138 Å². The summed E-state index contributed by atoms with van der Waals surface area (Å²) in [5, 5.41) is 5.48. The van der Waals surface area contributed by atoms with Gasteiger partial charge in [0.15, 0.2) is 0 Å². The van der Waals surface area contributed by atoms with E-state index in [9.17, 15) is 4.79 Å². The van der Waals surface area contributed by atoms with Gasteiger partial charge in [-0.1, -0.05) is 6.07 Å². The van der Waals surface area contributed by atoms with Crippen molar-refractivity contribution in [3.8, 4) is 0 Å². The van der Waals surface area contributed by atoms with Crippen LogP contribution in [-0.4, -0.2) is 37.0 Å². The number of rotatable bonds is 7. The molecule has 0 radical (unpaired) electrons. The maximum absolute atomic E-state index is 12.3. The number of halogens is 1. The van der Waals surface area contributed by atoms with Crippen molar-refractivity contribution in [2.24, 2.45) is 5.92 Å². The number of amides is 1. The highest BCUT2D eigenvalue weighted by Crippen LogP contribution is 2.18. The minimum Gasteiger partial charge on any atom is -0.343 e. The van der Waals surface area contributed by atoms with Crippen LogP contribution in [0.1, 0.15) is 37.5 Å². The molecule has 3 nitrogen and oxygen atoms in total. The first kappa shape index (κ1) is 18.5. The summed E-state index contributed by atoms with van der Waals surface area (Å²) < 4.78 is 0. The lowest BCUT2D eigenvalue weighted by atomic mass is 9.93. The molecule has 2 rings (SSSR count). The van der Waals surface area contributed by atoms with Crippen LogP contribution in [0.2, 0.25) is 0 Å². The Hall–Kier alpha value is -0.580. The fourth-order valence-electron chi connectivity index (χ4n) is 2.82. The smallest absolute Gasteiger partial charge is 0.222 e. The molecule has 1 aliphatic heterocycles. The molecule has 0 spiro atoms. The molecule has 21 heavy (non-hydrogen) atoms. The number of thiophene rings is 1. The van der Waals surface area contributed by atoms with E-state index >= 15 is 0 Å². The quantitative estimate of drug-likeness (QED) is 0.831. The Balaban J connectivity index is 0.00000220. The summed E-state index contributed by atoms with van der Waals surface area (Å²) in [6.45, 7) is 6.01. The van der Waals surface area contributed by atoms with Crippen molar-refractivity contribution in [2.75, 3.05) is 26.2 Å². The molecule has 1 aromatic rings. The maximum Gasteiger partial charge on any atom is 0.222 e. The molecule has 5 heteroatoms. The van der Waals surface area contributed by atoms with Crippen molar-refractivity contribution in [3.05, 3.63) is 22.4 Å². The Morgan fingerprint density at radius 3 is 2.81 bits per heavy atom. The Morgan fingerprint density at radius 2 is 2.19 bits per heavy atom. The Kier molecular flexibility index (Phi) is 8.97. The van der Waals surface area contributed by atoms with Crippen molar-refractivity contribution in [2.45, 2.75) is 39.0 Å². The largest absolute Gasteiger partial charge is 0.343 e. The monoisotopic (exact) mass is 330 g/mol. The predicted molar refractivity (Wildman–Crippen MR) is 92.4 cm³/mol. The van der Waals surface area contributed by atoms with Crippen LogP contribution in [0.3, 0.4) is 0 Å². The van der Waals surface area contributed by atoms with Crippen LogP contribution in [0.15, 0.2) is 17.5 Å². The van der Waals surface area contributed by atoms with E-state index in [0.29, 0.717) is 5.91 Å². The molecule has 0 aromatic carbocycles. The van der Waals surface area contributed by atoms with Gasteiger partial charge in [-0.15, -0.1) is 23.7 Å². The topological polar surface area (TPSA) is 32.3 Å². The normalized spacial score (nSPS) is 15.5. The molecule has 0 unspecified atom stereocenters. The Morgan fingerprint density at radius 1 is 1.43 bits per heavy atom. The molecule has 120 valence electrons. The third kappa shape index (κ3) is 6.37. The van der Waals surface area contributed by atoms with E-state index in [1.807, 2.05) is 4.90 Å². The molecule has 0 bridgehead atoms. The molecule has 0 atom stereocenters. The molecule has 1 aliphatic rings. The van der Waals surface area contributed by atoms with E-state index in [2.05, 4.69) is 29.8 Å². The van der Waals surface area contributed by atoms with Gasteiger partial charge in [-0.05, 0) is 63.1 Å². The summed E-state index contributed by atoms with van der Waals surface area (Å²) in [4.78, 5) is 15.7. The lowest BCUT2D eigenvalue weighted by Crippen LogP contribution is -2.33. The first-order chi connectivity index (χ1) is 9.79. The van der Waals surface area contributed by atoms with Crippen LogP contribution >= 0.6 is 23.7 Å². The van der Waals surface area contributed by atoms with E-state index in [1.165, 1.54) is 17.7 Å². The lowest BCUT2D eigenvalue weighted by Gasteiger charge is -2.25. The van der Waals surface area contributed by atoms with Gasteiger partial charge in [-0.2, -0.15) is 0 Å². The van der Waals surface area contributed by atoms with Gasteiger partial charge >= 0.3 is 0 Å². The number of piperidine rings is 1. The van der Waals surface area contributed by atoms with Crippen LogP contribution in [-0.2, 0) is 11.2 Å². The highest BCUT2D eigenvalue weighted by Gasteiger charge is 2.17. The van der Waals surface area contributed by atoms with Crippen molar-refractivity contribution >= 4 is 29.7 Å². The van der Waals surface area contributed by atoms with Crippen LogP contribution < -0.4 is 5.32 Å². The van der Waals surface area contributed by atoms with Crippen LogP contribution in [0.5, 0.6) is 0 Å². The zero-order chi connectivity index (χ0) is 14.2. The fraction of sp³-hybridized carbons (Fsp3) is 0.688. The van der Waals surface area contributed by atoms with E-state index in [4.69, 9.17) is 0 Å². The zero-order valence-electron chi connectivity index (χ0n) is 12.8. The molecule has 0 aliphatic carbocycles. The molecule has 1 amide bonds. The standard InChI is InChI=1S/C16H26N2OS.ClH/c1-2-18(12-9-15-4-3-13-20-15)16(19)6-5-14-7-10-17-11-8-14;/h3-4,13-14,17H,2,5-12H2,1H3;1H. The lowest BCUT2D eigenvalue weighted by molar-refractivity contribution is -0.131. The number of hydrogen-bond acceptors (Lipinski definition) is 3. The van der Waals surface area contributed by atoms with E-state index in [1.54, 1.807) is 11.3 Å². The number of carbonyl (C=O) groups is 1. The maximum atomic E-state index is 12.3.